The van der Waals surface area contributed by atoms with E-state index in [9.17, 15) is 9.90 Å². The number of thiophene rings is 1. The maximum Gasteiger partial charge on any atom is 0.230 e. The van der Waals surface area contributed by atoms with E-state index in [1.54, 1.807) is 11.3 Å². The molecule has 1 unspecified atom stereocenters. The fourth-order valence-electron chi connectivity index (χ4n) is 3.17. The molecule has 19 heavy (non-hydrogen) atoms. The second kappa shape index (κ2) is 4.91. The molecular formula is C15H21NO2S. The van der Waals surface area contributed by atoms with Crippen molar-refractivity contribution in [2.24, 2.45) is 0 Å². The number of hydrogen-bond donors (Lipinski definition) is 1. The Balaban J connectivity index is 1.73. The highest BCUT2D eigenvalue weighted by Gasteiger charge is 2.35. The van der Waals surface area contributed by atoms with E-state index in [-0.39, 0.29) is 11.8 Å². The standard InChI is InChI=1S/C15H21NO2S/c1-15(18)6-8-16(9-7-15)14(17)12-3-2-4-13-11(12)5-10-19-13/h5,10,12,18H,2-4,6-9H2,1H3. The van der Waals surface area contributed by atoms with Crippen molar-refractivity contribution < 1.29 is 9.90 Å². The third kappa shape index (κ3) is 2.56. The average Bonchev–Trinajstić information content (AvgIpc) is 2.86. The van der Waals surface area contributed by atoms with Crippen molar-refractivity contribution in [3.8, 4) is 0 Å². The molecule has 1 N–H and O–H groups in total. The lowest BCUT2D eigenvalue weighted by molar-refractivity contribution is -0.136. The van der Waals surface area contributed by atoms with Gasteiger partial charge < -0.3 is 10.0 Å². The third-order valence-corrected chi connectivity index (χ3v) is 5.50. The Labute approximate surface area is 118 Å². The fraction of sp³-hybridized carbons (Fsp3) is 0.667. The van der Waals surface area contributed by atoms with E-state index in [1.807, 2.05) is 11.8 Å². The SMILES string of the molecule is CC1(O)CCN(C(=O)C2CCCc3sccc32)CC1. The average molecular weight is 279 g/mol. The molecule has 1 atom stereocenters. The van der Waals surface area contributed by atoms with Gasteiger partial charge in [0.25, 0.3) is 0 Å². The molecule has 3 nitrogen and oxygen atoms in total. The van der Waals surface area contributed by atoms with Crippen molar-refractivity contribution >= 4 is 17.2 Å². The highest BCUT2D eigenvalue weighted by Crippen LogP contribution is 2.36. The first-order valence-corrected chi connectivity index (χ1v) is 8.02. The van der Waals surface area contributed by atoms with Gasteiger partial charge in [-0.2, -0.15) is 0 Å². The maximum atomic E-state index is 12.7. The largest absolute Gasteiger partial charge is 0.390 e. The number of fused-ring (bicyclic) bond motifs is 1. The molecule has 1 fully saturated rings. The van der Waals surface area contributed by atoms with E-state index in [0.717, 1.165) is 19.3 Å². The van der Waals surface area contributed by atoms with Gasteiger partial charge in [0.05, 0.1) is 11.5 Å². The van der Waals surface area contributed by atoms with Crippen LogP contribution in [-0.4, -0.2) is 34.6 Å². The van der Waals surface area contributed by atoms with Crippen LogP contribution in [0.25, 0.3) is 0 Å². The minimum Gasteiger partial charge on any atom is -0.390 e. The van der Waals surface area contributed by atoms with Crippen molar-refractivity contribution in [1.29, 1.82) is 0 Å². The van der Waals surface area contributed by atoms with Gasteiger partial charge in [0, 0.05) is 18.0 Å². The van der Waals surface area contributed by atoms with Crippen molar-refractivity contribution in [2.45, 2.75) is 50.5 Å². The summed E-state index contributed by atoms with van der Waals surface area (Å²) in [6, 6.07) is 2.13. The summed E-state index contributed by atoms with van der Waals surface area (Å²) in [6.45, 7) is 3.26. The van der Waals surface area contributed by atoms with E-state index in [0.29, 0.717) is 25.9 Å². The number of likely N-dealkylation sites (tertiary alicyclic amines) is 1. The molecule has 0 saturated carbocycles. The molecule has 0 spiro atoms. The van der Waals surface area contributed by atoms with Crippen LogP contribution in [0, 0.1) is 0 Å². The predicted octanol–water partition coefficient (Wildman–Crippen LogP) is 2.54. The molecular weight excluding hydrogens is 258 g/mol. The normalized spacial score (nSPS) is 26.0. The zero-order valence-corrected chi connectivity index (χ0v) is 12.2. The highest BCUT2D eigenvalue weighted by molar-refractivity contribution is 7.10. The molecule has 0 bridgehead atoms. The Morgan fingerprint density at radius 3 is 2.95 bits per heavy atom. The van der Waals surface area contributed by atoms with Gasteiger partial charge >= 0.3 is 0 Å². The van der Waals surface area contributed by atoms with E-state index in [2.05, 4.69) is 11.4 Å². The van der Waals surface area contributed by atoms with Crippen molar-refractivity contribution in [2.75, 3.05) is 13.1 Å². The second-order valence-corrected chi connectivity index (χ2v) is 7.07. The molecule has 2 heterocycles. The molecule has 2 aliphatic rings. The number of carbonyl (C=O) groups is 1. The van der Waals surface area contributed by atoms with Crippen molar-refractivity contribution in [1.82, 2.24) is 4.90 Å². The van der Waals surface area contributed by atoms with Gasteiger partial charge in [-0.05, 0) is 56.0 Å². The van der Waals surface area contributed by atoms with Crippen LogP contribution >= 0.6 is 11.3 Å². The minimum atomic E-state index is -0.586. The Kier molecular flexibility index (Phi) is 3.39. The maximum absolute atomic E-state index is 12.7. The number of rotatable bonds is 1. The lowest BCUT2D eigenvalue weighted by atomic mass is 9.85. The van der Waals surface area contributed by atoms with Gasteiger partial charge in [-0.1, -0.05) is 0 Å². The molecule has 0 radical (unpaired) electrons. The number of hydrogen-bond acceptors (Lipinski definition) is 3. The Morgan fingerprint density at radius 1 is 1.47 bits per heavy atom. The monoisotopic (exact) mass is 279 g/mol. The summed E-state index contributed by atoms with van der Waals surface area (Å²) < 4.78 is 0. The number of aryl methyl sites for hydroxylation is 1. The molecule has 1 aromatic rings. The smallest absolute Gasteiger partial charge is 0.230 e. The molecule has 0 aromatic carbocycles. The first-order valence-electron chi connectivity index (χ1n) is 7.14. The van der Waals surface area contributed by atoms with Crippen LogP contribution in [0.1, 0.15) is 49.0 Å². The van der Waals surface area contributed by atoms with Crippen LogP contribution in [0.2, 0.25) is 0 Å². The summed E-state index contributed by atoms with van der Waals surface area (Å²) in [7, 11) is 0. The van der Waals surface area contributed by atoms with Crippen LogP contribution in [-0.2, 0) is 11.2 Å². The van der Waals surface area contributed by atoms with Crippen LogP contribution in [0.15, 0.2) is 11.4 Å². The van der Waals surface area contributed by atoms with E-state index >= 15 is 0 Å². The van der Waals surface area contributed by atoms with Crippen molar-refractivity contribution in [3.63, 3.8) is 0 Å². The number of carbonyl (C=O) groups excluding carboxylic acids is 1. The molecule has 1 amide bonds. The highest BCUT2D eigenvalue weighted by atomic mass is 32.1. The zero-order chi connectivity index (χ0) is 13.5. The lowest BCUT2D eigenvalue weighted by Gasteiger charge is -2.38. The number of aliphatic hydroxyl groups is 1. The number of nitrogens with zero attached hydrogens (tertiary/aromatic N) is 1. The topological polar surface area (TPSA) is 40.5 Å². The molecule has 1 aliphatic heterocycles. The minimum absolute atomic E-state index is 0.0676. The summed E-state index contributed by atoms with van der Waals surface area (Å²) in [5.41, 5.74) is 0.676. The summed E-state index contributed by atoms with van der Waals surface area (Å²) in [6.07, 6.45) is 4.63. The predicted molar refractivity (Wildman–Crippen MR) is 76.4 cm³/mol. The lowest BCUT2D eigenvalue weighted by Crippen LogP contribution is -2.46. The Morgan fingerprint density at radius 2 is 2.21 bits per heavy atom. The second-order valence-electron chi connectivity index (χ2n) is 6.07. The van der Waals surface area contributed by atoms with E-state index < -0.39 is 5.60 Å². The van der Waals surface area contributed by atoms with E-state index in [4.69, 9.17) is 0 Å². The fourth-order valence-corrected chi connectivity index (χ4v) is 4.16. The first kappa shape index (κ1) is 13.1. The summed E-state index contributed by atoms with van der Waals surface area (Å²) in [4.78, 5) is 16.0. The molecule has 3 rings (SSSR count). The third-order valence-electron chi connectivity index (χ3n) is 4.50. The quantitative estimate of drug-likeness (QED) is 0.858. The number of amides is 1. The molecule has 104 valence electrons. The van der Waals surface area contributed by atoms with Crippen LogP contribution in [0.4, 0.5) is 0 Å². The first-order chi connectivity index (χ1) is 9.07. The molecule has 1 saturated heterocycles. The Bertz CT molecular complexity index is 470. The van der Waals surface area contributed by atoms with Gasteiger partial charge in [0.2, 0.25) is 5.91 Å². The van der Waals surface area contributed by atoms with E-state index in [1.165, 1.54) is 10.4 Å². The van der Waals surface area contributed by atoms with Gasteiger partial charge in [-0.3, -0.25) is 4.79 Å². The van der Waals surface area contributed by atoms with Crippen LogP contribution in [0.3, 0.4) is 0 Å². The molecule has 1 aliphatic carbocycles. The van der Waals surface area contributed by atoms with Gasteiger partial charge in [0.15, 0.2) is 0 Å². The van der Waals surface area contributed by atoms with Crippen molar-refractivity contribution in [3.05, 3.63) is 21.9 Å². The van der Waals surface area contributed by atoms with Gasteiger partial charge in [-0.25, -0.2) is 0 Å². The summed E-state index contributed by atoms with van der Waals surface area (Å²) in [5, 5.41) is 12.1. The van der Waals surface area contributed by atoms with Crippen LogP contribution in [0.5, 0.6) is 0 Å². The zero-order valence-electron chi connectivity index (χ0n) is 11.4. The summed E-state index contributed by atoms with van der Waals surface area (Å²) >= 11 is 1.78. The van der Waals surface area contributed by atoms with Crippen LogP contribution < -0.4 is 0 Å². The van der Waals surface area contributed by atoms with Gasteiger partial charge in [-0.15, -0.1) is 11.3 Å². The summed E-state index contributed by atoms with van der Waals surface area (Å²) in [5.74, 6) is 0.341. The number of piperidine rings is 1. The molecule has 1 aromatic heterocycles. The van der Waals surface area contributed by atoms with Gasteiger partial charge in [0.1, 0.15) is 0 Å². The Hall–Kier alpha value is -0.870. The molecule has 4 heteroatoms.